The number of carbonyl (C=O) groups is 3. The van der Waals surface area contributed by atoms with E-state index in [1.54, 1.807) is 27.7 Å². The molecule has 0 spiro atoms. The fourth-order valence-corrected chi connectivity index (χ4v) is 7.11. The average molecular weight is 714 g/mol. The number of fused-ring (bicyclic) bond motifs is 3. The summed E-state index contributed by atoms with van der Waals surface area (Å²) in [5.74, 6) is 5.07. The van der Waals surface area contributed by atoms with Gasteiger partial charge in [0.05, 0.1) is 35.1 Å². The Morgan fingerprint density at radius 2 is 1.80 bits per heavy atom. The lowest BCUT2D eigenvalue weighted by Crippen LogP contribution is -2.41. The van der Waals surface area contributed by atoms with E-state index in [4.69, 9.17) is 4.98 Å². The summed E-state index contributed by atoms with van der Waals surface area (Å²) in [6, 6.07) is 23.0. The Morgan fingerprint density at radius 1 is 0.926 bits per heavy atom. The summed E-state index contributed by atoms with van der Waals surface area (Å²) >= 11 is 0. The van der Waals surface area contributed by atoms with Crippen LogP contribution in [-0.2, 0) is 23.1 Å². The first kappa shape index (κ1) is 34.2. The van der Waals surface area contributed by atoms with Gasteiger partial charge in [-0.25, -0.2) is 4.98 Å². The maximum atomic E-state index is 12.9. The monoisotopic (exact) mass is 713 g/mol. The number of imidazole rings is 1. The Hall–Kier alpha value is -6.93. The topological polar surface area (TPSA) is 141 Å². The fourth-order valence-electron chi connectivity index (χ4n) is 7.11. The molecule has 1 unspecified atom stereocenters. The Kier molecular flexibility index (Phi) is 8.79. The quantitative estimate of drug-likeness (QED) is 0.164. The van der Waals surface area contributed by atoms with Gasteiger partial charge in [-0.05, 0) is 90.4 Å². The molecule has 3 amide bonds. The second-order valence-electron chi connectivity index (χ2n) is 13.5. The van der Waals surface area contributed by atoms with Crippen LogP contribution in [0.1, 0.15) is 53.0 Å². The van der Waals surface area contributed by atoms with Crippen LogP contribution < -0.4 is 16.2 Å². The molecule has 54 heavy (non-hydrogen) atoms. The van der Waals surface area contributed by atoms with E-state index in [-0.39, 0.29) is 41.9 Å². The van der Waals surface area contributed by atoms with Gasteiger partial charge in [0, 0.05) is 53.3 Å². The predicted octanol–water partition coefficient (Wildman–Crippen LogP) is 5.80. The molecule has 5 heterocycles. The van der Waals surface area contributed by atoms with Crippen LogP contribution in [0.4, 0.5) is 0 Å². The first-order valence-corrected chi connectivity index (χ1v) is 17.7. The first-order chi connectivity index (χ1) is 26.2. The van der Waals surface area contributed by atoms with Crippen molar-refractivity contribution >= 4 is 50.4 Å². The van der Waals surface area contributed by atoms with E-state index in [0.29, 0.717) is 23.1 Å². The van der Waals surface area contributed by atoms with E-state index in [1.807, 2.05) is 62.6 Å². The number of nitrogens with one attached hydrogen (secondary N) is 2. The van der Waals surface area contributed by atoms with Crippen molar-refractivity contribution in [2.75, 3.05) is 6.54 Å². The van der Waals surface area contributed by atoms with Gasteiger partial charge >= 0.3 is 0 Å². The van der Waals surface area contributed by atoms with Crippen molar-refractivity contribution in [2.45, 2.75) is 39.2 Å². The van der Waals surface area contributed by atoms with Crippen molar-refractivity contribution in [3.05, 3.63) is 124 Å². The molecule has 1 fully saturated rings. The van der Waals surface area contributed by atoms with E-state index >= 15 is 0 Å². The Balaban J connectivity index is 0.978. The molecule has 2 N–H and O–H groups in total. The number of carbonyl (C=O) groups excluding carboxylic acids is 3. The van der Waals surface area contributed by atoms with Crippen LogP contribution in [0.25, 0.3) is 55.1 Å². The van der Waals surface area contributed by atoms with Gasteiger partial charge in [0.15, 0.2) is 0 Å². The minimum Gasteiger partial charge on any atom is -0.340 e. The number of benzene rings is 3. The highest BCUT2D eigenvalue weighted by Crippen LogP contribution is 2.36. The highest BCUT2D eigenvalue weighted by molar-refractivity contribution is 6.05. The van der Waals surface area contributed by atoms with Crippen molar-refractivity contribution in [1.82, 2.24) is 34.7 Å². The minimum atomic E-state index is -0.516. The van der Waals surface area contributed by atoms with Crippen molar-refractivity contribution < 1.29 is 14.4 Å². The molecule has 1 atom stereocenters. The van der Waals surface area contributed by atoms with Gasteiger partial charge in [0.1, 0.15) is 11.7 Å². The number of hydrogen-bond acceptors (Lipinski definition) is 7. The summed E-state index contributed by atoms with van der Waals surface area (Å²) < 4.78 is 3.50. The van der Waals surface area contributed by atoms with Gasteiger partial charge in [-0.15, -0.1) is 0 Å². The maximum Gasteiger partial charge on any atom is 0.270 e. The number of rotatable bonds is 6. The van der Waals surface area contributed by atoms with Crippen molar-refractivity contribution in [3.63, 3.8) is 0 Å². The van der Waals surface area contributed by atoms with E-state index in [9.17, 15) is 19.2 Å². The maximum absolute atomic E-state index is 12.9. The first-order valence-electron chi connectivity index (χ1n) is 17.7. The van der Waals surface area contributed by atoms with Crippen LogP contribution in [0.5, 0.6) is 0 Å². The van der Waals surface area contributed by atoms with Crippen molar-refractivity contribution in [1.29, 1.82) is 0 Å². The number of aryl methyl sites for hydroxylation is 3. The molecule has 266 valence electrons. The second-order valence-corrected chi connectivity index (χ2v) is 13.5. The zero-order valence-corrected chi connectivity index (χ0v) is 29.9. The van der Waals surface area contributed by atoms with Crippen LogP contribution in [0.15, 0.2) is 96.3 Å². The predicted molar refractivity (Wildman–Crippen MR) is 208 cm³/mol. The molecule has 0 bridgehead atoms. The molecule has 8 rings (SSSR count). The third-order valence-electron chi connectivity index (χ3n) is 10.0. The molecule has 0 radical (unpaired) electrons. The van der Waals surface area contributed by atoms with Gasteiger partial charge in [-0.1, -0.05) is 43.0 Å². The summed E-state index contributed by atoms with van der Waals surface area (Å²) in [6.45, 7) is 4.06. The van der Waals surface area contributed by atoms with E-state index < -0.39 is 6.04 Å². The van der Waals surface area contributed by atoms with Gasteiger partial charge in [0.2, 0.25) is 11.8 Å². The Morgan fingerprint density at radius 3 is 2.59 bits per heavy atom. The van der Waals surface area contributed by atoms with Gasteiger partial charge in [-0.2, -0.15) is 0 Å². The summed E-state index contributed by atoms with van der Waals surface area (Å²) in [5, 5.41) is 8.21. The minimum absolute atomic E-state index is 0.00127. The third-order valence-corrected chi connectivity index (χ3v) is 10.0. The van der Waals surface area contributed by atoms with Crippen LogP contribution in [0.2, 0.25) is 0 Å². The number of amides is 3. The largest absolute Gasteiger partial charge is 0.340 e. The number of piperidine rings is 1. The van der Waals surface area contributed by atoms with Crippen molar-refractivity contribution in [2.24, 2.45) is 7.05 Å². The van der Waals surface area contributed by atoms with Gasteiger partial charge in [-0.3, -0.25) is 34.5 Å². The van der Waals surface area contributed by atoms with Crippen LogP contribution in [0.3, 0.4) is 0 Å². The fraction of sp³-hybridized carbons (Fsp3) is 0.186. The normalized spacial score (nSPS) is 14.2. The molecule has 1 aliphatic heterocycles. The summed E-state index contributed by atoms with van der Waals surface area (Å²) in [5.41, 5.74) is 8.76. The lowest BCUT2D eigenvalue weighted by Gasteiger charge is -2.22. The summed E-state index contributed by atoms with van der Waals surface area (Å²) in [7, 11) is 1.82. The van der Waals surface area contributed by atoms with Gasteiger partial charge < -0.3 is 14.5 Å². The smallest absolute Gasteiger partial charge is 0.270 e. The summed E-state index contributed by atoms with van der Waals surface area (Å²) in [4.78, 5) is 63.3. The molecule has 1 saturated heterocycles. The molecule has 0 saturated carbocycles. The molecule has 4 aromatic heterocycles. The van der Waals surface area contributed by atoms with E-state index in [0.717, 1.165) is 61.6 Å². The molecule has 1 aliphatic rings. The SMILES string of the molecule is CCc1cc(-c2cccc3cc(-c4ccc(C(=O)NCC#Cc5ccc6ncn(C7CCC(=O)NC7=O)c6c5)nc4)ncc23)c2cc(C)c(=O)n(C)c2c1. The highest BCUT2D eigenvalue weighted by atomic mass is 16.2. The van der Waals surface area contributed by atoms with E-state index in [1.165, 1.54) is 0 Å². The third kappa shape index (κ3) is 6.28. The average Bonchev–Trinajstić information content (AvgIpc) is 3.61. The standard InChI is InChI=1S/C43H35N7O4/c1-4-26-18-31(32-17-25(2)43(54)49(3)38(32)19-26)30-9-5-8-28-21-36(46-23-33(28)30)29-11-13-35(45-22-29)41(52)44-16-6-7-27-10-12-34-39(20-27)50(24-47-34)37-14-15-40(51)48-42(37)53/h5,8-13,17-24,37H,4,14-16H2,1-3H3,(H,44,52)(H,48,51,53). The Bertz CT molecular complexity index is 2810. The van der Waals surface area contributed by atoms with Gasteiger partial charge in [0.25, 0.3) is 11.5 Å². The lowest BCUT2D eigenvalue weighted by molar-refractivity contribution is -0.135. The number of pyridine rings is 3. The van der Waals surface area contributed by atoms with Crippen LogP contribution in [-0.4, -0.2) is 48.4 Å². The molecule has 3 aromatic carbocycles. The molecule has 0 aliphatic carbocycles. The number of aromatic nitrogens is 5. The van der Waals surface area contributed by atoms with Crippen molar-refractivity contribution in [3.8, 4) is 34.2 Å². The zero-order chi connectivity index (χ0) is 37.5. The lowest BCUT2D eigenvalue weighted by atomic mass is 9.93. The molecule has 11 nitrogen and oxygen atoms in total. The Labute approximate surface area is 310 Å². The van der Waals surface area contributed by atoms with Crippen LogP contribution in [0, 0.1) is 18.8 Å². The number of nitrogens with zero attached hydrogens (tertiary/aromatic N) is 5. The second kappa shape index (κ2) is 13.9. The molecular weight excluding hydrogens is 679 g/mol. The number of imide groups is 1. The number of hydrogen-bond donors (Lipinski definition) is 2. The molecule has 11 heteroatoms. The summed E-state index contributed by atoms with van der Waals surface area (Å²) in [6.07, 6.45) is 6.64. The zero-order valence-electron chi connectivity index (χ0n) is 29.9. The highest BCUT2D eigenvalue weighted by Gasteiger charge is 2.29. The van der Waals surface area contributed by atoms with Crippen LogP contribution >= 0.6 is 0 Å². The van der Waals surface area contributed by atoms with E-state index in [2.05, 4.69) is 63.6 Å². The molecular formula is C43H35N7O4. The molecule has 7 aromatic rings.